The number of benzene rings is 1. The van der Waals surface area contributed by atoms with E-state index in [2.05, 4.69) is 13.2 Å². The molecule has 0 radical (unpaired) electrons. The van der Waals surface area contributed by atoms with Crippen LogP contribution in [0.1, 0.15) is 11.1 Å². The molecule has 0 spiro atoms. The van der Waals surface area contributed by atoms with Crippen LogP contribution in [0.15, 0.2) is 31.4 Å². The molecule has 0 bridgehead atoms. The molecule has 0 amide bonds. The second-order valence-corrected chi connectivity index (χ2v) is 3.35. The Morgan fingerprint density at radius 1 is 1.43 bits per heavy atom. The second kappa shape index (κ2) is 4.01. The largest absolute Gasteiger partial charge is 0.398 e. The van der Waals surface area contributed by atoms with Crippen molar-refractivity contribution >= 4 is 17.5 Å². The minimum Gasteiger partial charge on any atom is -0.398 e. The van der Waals surface area contributed by atoms with Crippen molar-refractivity contribution in [3.05, 3.63) is 42.5 Å². The molecule has 0 saturated carbocycles. The van der Waals surface area contributed by atoms with Crippen molar-refractivity contribution in [3.8, 4) is 0 Å². The Hall–Kier alpha value is -1.70. The first kappa shape index (κ1) is 10.4. The summed E-state index contributed by atoms with van der Waals surface area (Å²) in [7, 11) is 3.91. The monoisotopic (exact) mass is 188 g/mol. The number of hydrogen-bond acceptors (Lipinski definition) is 2. The Morgan fingerprint density at radius 2 is 2.07 bits per heavy atom. The minimum atomic E-state index is 0.737. The van der Waals surface area contributed by atoms with Gasteiger partial charge in [-0.2, -0.15) is 0 Å². The first-order valence-electron chi connectivity index (χ1n) is 4.45. The molecule has 0 atom stereocenters. The number of nitrogens with two attached hydrogens (primary N) is 1. The number of nitrogen functional groups attached to an aromatic ring is 1. The smallest absolute Gasteiger partial charge is 0.0394 e. The van der Waals surface area contributed by atoms with Crippen LogP contribution in [0.3, 0.4) is 0 Å². The van der Waals surface area contributed by atoms with Crippen LogP contribution in [-0.4, -0.2) is 19.0 Å². The van der Waals surface area contributed by atoms with Gasteiger partial charge < -0.3 is 10.6 Å². The molecule has 0 saturated heterocycles. The quantitative estimate of drug-likeness (QED) is 0.738. The summed E-state index contributed by atoms with van der Waals surface area (Å²) < 4.78 is 0. The minimum absolute atomic E-state index is 0.737. The van der Waals surface area contributed by atoms with Crippen LogP contribution in [0.5, 0.6) is 0 Å². The van der Waals surface area contributed by atoms with Crippen molar-refractivity contribution in [1.82, 2.24) is 4.90 Å². The van der Waals surface area contributed by atoms with E-state index in [1.807, 2.05) is 37.2 Å². The molecule has 14 heavy (non-hydrogen) atoms. The first-order chi connectivity index (χ1) is 6.57. The van der Waals surface area contributed by atoms with Crippen molar-refractivity contribution in [2.24, 2.45) is 0 Å². The third kappa shape index (κ3) is 1.79. The summed E-state index contributed by atoms with van der Waals surface area (Å²) in [5.41, 5.74) is 9.50. The molecule has 2 nitrogen and oxygen atoms in total. The van der Waals surface area contributed by atoms with Gasteiger partial charge in [0, 0.05) is 36.6 Å². The van der Waals surface area contributed by atoms with Crippen LogP contribution in [-0.2, 0) is 0 Å². The van der Waals surface area contributed by atoms with E-state index in [1.54, 1.807) is 6.08 Å². The van der Waals surface area contributed by atoms with Gasteiger partial charge >= 0.3 is 0 Å². The normalized spacial score (nSPS) is 9.57. The van der Waals surface area contributed by atoms with E-state index < -0.39 is 0 Å². The molecular weight excluding hydrogens is 172 g/mol. The van der Waals surface area contributed by atoms with Crippen molar-refractivity contribution in [1.29, 1.82) is 0 Å². The van der Waals surface area contributed by atoms with Gasteiger partial charge in [0.05, 0.1) is 0 Å². The molecule has 1 aromatic rings. The van der Waals surface area contributed by atoms with E-state index in [0.717, 1.165) is 22.5 Å². The Labute approximate surface area is 85.3 Å². The summed E-state index contributed by atoms with van der Waals surface area (Å²) in [6, 6.07) is 5.78. The van der Waals surface area contributed by atoms with Gasteiger partial charge in [0.15, 0.2) is 0 Å². The lowest BCUT2D eigenvalue weighted by Gasteiger charge is -2.18. The molecule has 2 heteroatoms. The molecular formula is C12H16N2. The standard InChI is InChI=1S/C12H16N2/c1-5-10-11(9(2)14(3)4)7-6-8-12(10)13/h5-8H,1-2,13H2,3-4H3. The van der Waals surface area contributed by atoms with Gasteiger partial charge in [-0.05, 0) is 6.07 Å². The molecule has 0 aliphatic carbocycles. The van der Waals surface area contributed by atoms with Gasteiger partial charge in [0.25, 0.3) is 0 Å². The highest BCUT2D eigenvalue weighted by Crippen LogP contribution is 2.24. The van der Waals surface area contributed by atoms with Gasteiger partial charge in [-0.15, -0.1) is 0 Å². The van der Waals surface area contributed by atoms with E-state index in [4.69, 9.17) is 5.73 Å². The Kier molecular flexibility index (Phi) is 2.97. The summed E-state index contributed by atoms with van der Waals surface area (Å²) in [5, 5.41) is 0. The molecule has 0 aromatic heterocycles. The van der Waals surface area contributed by atoms with Crippen LogP contribution >= 0.6 is 0 Å². The average molecular weight is 188 g/mol. The van der Waals surface area contributed by atoms with Gasteiger partial charge in [-0.1, -0.05) is 31.4 Å². The number of hydrogen-bond donors (Lipinski definition) is 1. The Bertz CT molecular complexity index is 365. The maximum Gasteiger partial charge on any atom is 0.0394 e. The van der Waals surface area contributed by atoms with Crippen LogP contribution < -0.4 is 5.73 Å². The lowest BCUT2D eigenvalue weighted by Crippen LogP contribution is -2.10. The summed E-state index contributed by atoms with van der Waals surface area (Å²) in [6.07, 6.45) is 1.76. The van der Waals surface area contributed by atoms with Crippen LogP contribution in [0, 0.1) is 0 Å². The van der Waals surface area contributed by atoms with Crippen molar-refractivity contribution in [2.75, 3.05) is 19.8 Å². The molecule has 0 aliphatic heterocycles. The first-order valence-corrected chi connectivity index (χ1v) is 4.45. The second-order valence-electron chi connectivity index (χ2n) is 3.35. The topological polar surface area (TPSA) is 29.3 Å². The predicted octanol–water partition coefficient (Wildman–Crippen LogP) is 2.44. The van der Waals surface area contributed by atoms with Gasteiger partial charge in [0.2, 0.25) is 0 Å². The maximum absolute atomic E-state index is 5.84. The number of nitrogens with zero attached hydrogens (tertiary/aromatic N) is 1. The lowest BCUT2D eigenvalue weighted by molar-refractivity contribution is 0.593. The highest BCUT2D eigenvalue weighted by atomic mass is 15.1. The highest BCUT2D eigenvalue weighted by molar-refractivity contribution is 5.78. The molecule has 1 rings (SSSR count). The molecule has 0 unspecified atom stereocenters. The van der Waals surface area contributed by atoms with Crippen molar-refractivity contribution < 1.29 is 0 Å². The fourth-order valence-electron chi connectivity index (χ4n) is 1.30. The zero-order chi connectivity index (χ0) is 10.7. The Morgan fingerprint density at radius 3 is 2.57 bits per heavy atom. The molecule has 74 valence electrons. The average Bonchev–Trinajstić information content (AvgIpc) is 2.16. The number of anilines is 1. The third-order valence-corrected chi connectivity index (χ3v) is 2.19. The Balaban J connectivity index is 3.27. The van der Waals surface area contributed by atoms with E-state index >= 15 is 0 Å². The van der Waals surface area contributed by atoms with E-state index in [-0.39, 0.29) is 0 Å². The highest BCUT2D eigenvalue weighted by Gasteiger charge is 2.07. The third-order valence-electron chi connectivity index (χ3n) is 2.19. The predicted molar refractivity (Wildman–Crippen MR) is 63.7 cm³/mol. The summed E-state index contributed by atoms with van der Waals surface area (Å²) in [6.45, 7) is 7.75. The van der Waals surface area contributed by atoms with E-state index in [1.165, 1.54) is 0 Å². The maximum atomic E-state index is 5.84. The SMILES string of the molecule is C=Cc1c(N)cccc1C(=C)N(C)C. The van der Waals surface area contributed by atoms with Crippen LogP contribution in [0.4, 0.5) is 5.69 Å². The zero-order valence-electron chi connectivity index (χ0n) is 8.75. The van der Waals surface area contributed by atoms with Crippen molar-refractivity contribution in [2.45, 2.75) is 0 Å². The van der Waals surface area contributed by atoms with Crippen LogP contribution in [0.25, 0.3) is 11.8 Å². The fraction of sp³-hybridized carbons (Fsp3) is 0.167. The van der Waals surface area contributed by atoms with E-state index in [0.29, 0.717) is 0 Å². The lowest BCUT2D eigenvalue weighted by atomic mass is 10.0. The summed E-state index contributed by atoms with van der Waals surface area (Å²) >= 11 is 0. The molecule has 0 heterocycles. The summed E-state index contributed by atoms with van der Waals surface area (Å²) in [4.78, 5) is 1.96. The van der Waals surface area contributed by atoms with Gasteiger partial charge in [-0.3, -0.25) is 0 Å². The van der Waals surface area contributed by atoms with Gasteiger partial charge in [-0.25, -0.2) is 0 Å². The molecule has 0 aliphatic rings. The van der Waals surface area contributed by atoms with Gasteiger partial charge in [0.1, 0.15) is 0 Å². The number of rotatable bonds is 3. The molecule has 1 aromatic carbocycles. The molecule has 0 fully saturated rings. The fourth-order valence-corrected chi connectivity index (χ4v) is 1.30. The van der Waals surface area contributed by atoms with E-state index in [9.17, 15) is 0 Å². The zero-order valence-corrected chi connectivity index (χ0v) is 8.75. The summed E-state index contributed by atoms with van der Waals surface area (Å²) in [5.74, 6) is 0. The molecule has 2 N–H and O–H groups in total. The van der Waals surface area contributed by atoms with Crippen molar-refractivity contribution in [3.63, 3.8) is 0 Å². The van der Waals surface area contributed by atoms with Crippen LogP contribution in [0.2, 0.25) is 0 Å².